The zero-order valence-electron chi connectivity index (χ0n) is 10.8. The summed E-state index contributed by atoms with van der Waals surface area (Å²) in [5, 5.41) is 26.6. The summed E-state index contributed by atoms with van der Waals surface area (Å²) >= 11 is 0. The Hall–Kier alpha value is -2.95. The fraction of sp³-hybridized carbons (Fsp3) is 0.250. The maximum Gasteiger partial charge on any atom is 0.312 e. The first kappa shape index (κ1) is 13.5. The van der Waals surface area contributed by atoms with Crippen molar-refractivity contribution in [2.75, 3.05) is 11.9 Å². The molecule has 8 heteroatoms. The Morgan fingerprint density at radius 1 is 1.60 bits per heavy atom. The van der Waals surface area contributed by atoms with Crippen molar-refractivity contribution < 1.29 is 4.92 Å². The molecule has 0 fully saturated rings. The van der Waals surface area contributed by atoms with Crippen molar-refractivity contribution in [2.45, 2.75) is 6.42 Å². The van der Waals surface area contributed by atoms with Gasteiger partial charge in [-0.1, -0.05) is 0 Å². The Bertz CT molecular complexity index is 673. The Morgan fingerprint density at radius 2 is 2.40 bits per heavy atom. The molecule has 0 unspecified atom stereocenters. The fourth-order valence-corrected chi connectivity index (χ4v) is 1.75. The standard InChI is InChI=1S/C12H12N6O2/c1-17-10(3-5-16-17)2-4-14-12-11(18(19)20)6-9(7-13)8-15-12/h3,5-6,8H,2,4H2,1H3,(H,14,15). The van der Waals surface area contributed by atoms with Crippen LogP contribution >= 0.6 is 0 Å². The topological polar surface area (TPSA) is 110 Å². The van der Waals surface area contributed by atoms with Gasteiger partial charge in [0.1, 0.15) is 6.07 Å². The lowest BCUT2D eigenvalue weighted by atomic mass is 10.2. The van der Waals surface area contributed by atoms with E-state index in [2.05, 4.69) is 15.4 Å². The van der Waals surface area contributed by atoms with Crippen LogP contribution in [0.5, 0.6) is 0 Å². The van der Waals surface area contributed by atoms with Crippen molar-refractivity contribution in [2.24, 2.45) is 7.05 Å². The monoisotopic (exact) mass is 272 g/mol. The highest BCUT2D eigenvalue weighted by molar-refractivity contribution is 5.58. The number of nitrogens with one attached hydrogen (secondary N) is 1. The average molecular weight is 272 g/mol. The van der Waals surface area contributed by atoms with Gasteiger partial charge in [-0.15, -0.1) is 0 Å². The van der Waals surface area contributed by atoms with Gasteiger partial charge in [-0.05, 0) is 6.07 Å². The van der Waals surface area contributed by atoms with Crippen molar-refractivity contribution in [1.29, 1.82) is 5.26 Å². The minimum Gasteiger partial charge on any atom is -0.364 e. The highest BCUT2D eigenvalue weighted by Crippen LogP contribution is 2.22. The molecule has 0 spiro atoms. The lowest BCUT2D eigenvalue weighted by Gasteiger charge is -2.06. The van der Waals surface area contributed by atoms with Gasteiger partial charge in [0.25, 0.3) is 0 Å². The van der Waals surface area contributed by atoms with Crippen LogP contribution < -0.4 is 5.32 Å². The Labute approximate surface area is 114 Å². The van der Waals surface area contributed by atoms with Crippen LogP contribution in [0.3, 0.4) is 0 Å². The zero-order valence-corrected chi connectivity index (χ0v) is 10.8. The van der Waals surface area contributed by atoms with E-state index in [9.17, 15) is 10.1 Å². The molecule has 20 heavy (non-hydrogen) atoms. The van der Waals surface area contributed by atoms with Crippen molar-refractivity contribution >= 4 is 11.5 Å². The molecular weight excluding hydrogens is 260 g/mol. The molecule has 0 saturated heterocycles. The van der Waals surface area contributed by atoms with Gasteiger partial charge in [0.05, 0.1) is 10.5 Å². The lowest BCUT2D eigenvalue weighted by molar-refractivity contribution is -0.384. The molecule has 0 aromatic carbocycles. The smallest absolute Gasteiger partial charge is 0.312 e. The molecule has 0 aliphatic rings. The van der Waals surface area contributed by atoms with E-state index in [1.165, 1.54) is 12.3 Å². The molecule has 8 nitrogen and oxygen atoms in total. The minimum absolute atomic E-state index is 0.161. The predicted molar refractivity (Wildman–Crippen MR) is 71.0 cm³/mol. The third-order valence-corrected chi connectivity index (χ3v) is 2.79. The Balaban J connectivity index is 2.08. The summed E-state index contributed by atoms with van der Waals surface area (Å²) in [6.07, 6.45) is 3.66. The molecule has 0 radical (unpaired) electrons. The van der Waals surface area contributed by atoms with Crippen LogP contribution in [0.15, 0.2) is 24.5 Å². The molecule has 1 N–H and O–H groups in total. The molecule has 102 valence electrons. The van der Waals surface area contributed by atoms with Crippen LogP contribution in [0, 0.1) is 21.4 Å². The van der Waals surface area contributed by atoms with Gasteiger partial charge in [0.15, 0.2) is 0 Å². The summed E-state index contributed by atoms with van der Waals surface area (Å²) in [7, 11) is 1.83. The largest absolute Gasteiger partial charge is 0.364 e. The van der Waals surface area contributed by atoms with E-state index in [1.807, 2.05) is 19.2 Å². The van der Waals surface area contributed by atoms with E-state index in [4.69, 9.17) is 5.26 Å². The summed E-state index contributed by atoms with van der Waals surface area (Å²) in [4.78, 5) is 14.3. The average Bonchev–Trinajstić information content (AvgIpc) is 2.84. The second-order valence-electron chi connectivity index (χ2n) is 4.08. The highest BCUT2D eigenvalue weighted by Gasteiger charge is 2.16. The van der Waals surface area contributed by atoms with Crippen molar-refractivity contribution in [3.8, 4) is 6.07 Å². The molecule has 0 bridgehead atoms. The third-order valence-electron chi connectivity index (χ3n) is 2.79. The van der Waals surface area contributed by atoms with E-state index in [0.717, 1.165) is 5.69 Å². The second kappa shape index (κ2) is 5.79. The first-order chi connectivity index (χ1) is 9.61. The van der Waals surface area contributed by atoms with Crippen LogP contribution in [-0.2, 0) is 13.5 Å². The van der Waals surface area contributed by atoms with Crippen LogP contribution in [0.4, 0.5) is 11.5 Å². The number of nitro groups is 1. The summed E-state index contributed by atoms with van der Waals surface area (Å²) in [5.41, 5.74) is 0.969. The summed E-state index contributed by atoms with van der Waals surface area (Å²) in [5.74, 6) is 0.163. The number of rotatable bonds is 5. The molecular formula is C12H12N6O2. The molecule has 2 aromatic rings. The maximum absolute atomic E-state index is 10.9. The van der Waals surface area contributed by atoms with E-state index in [1.54, 1.807) is 10.9 Å². The number of aryl methyl sites for hydroxylation is 1. The first-order valence-corrected chi connectivity index (χ1v) is 5.87. The van der Waals surface area contributed by atoms with Crippen LogP contribution in [0.1, 0.15) is 11.3 Å². The predicted octanol–water partition coefficient (Wildman–Crippen LogP) is 1.25. The number of nitriles is 1. The van der Waals surface area contributed by atoms with E-state index >= 15 is 0 Å². The number of anilines is 1. The van der Waals surface area contributed by atoms with Crippen molar-refractivity contribution in [1.82, 2.24) is 14.8 Å². The summed E-state index contributed by atoms with van der Waals surface area (Å²) in [6, 6.07) is 4.91. The quantitative estimate of drug-likeness (QED) is 0.648. The zero-order chi connectivity index (χ0) is 14.5. The van der Waals surface area contributed by atoms with Gasteiger partial charge in [-0.3, -0.25) is 14.8 Å². The lowest BCUT2D eigenvalue weighted by Crippen LogP contribution is -2.10. The van der Waals surface area contributed by atoms with Crippen molar-refractivity contribution in [3.05, 3.63) is 45.9 Å². The van der Waals surface area contributed by atoms with E-state index in [-0.39, 0.29) is 17.1 Å². The maximum atomic E-state index is 10.9. The summed E-state index contributed by atoms with van der Waals surface area (Å²) < 4.78 is 1.74. The van der Waals surface area contributed by atoms with Crippen LogP contribution in [0.2, 0.25) is 0 Å². The molecule has 0 amide bonds. The second-order valence-corrected chi connectivity index (χ2v) is 4.08. The first-order valence-electron chi connectivity index (χ1n) is 5.87. The number of pyridine rings is 1. The van der Waals surface area contributed by atoms with Gasteiger partial charge < -0.3 is 5.32 Å². The molecule has 2 rings (SSSR count). The van der Waals surface area contributed by atoms with Crippen molar-refractivity contribution in [3.63, 3.8) is 0 Å². The van der Waals surface area contributed by atoms with Gasteiger partial charge in [-0.2, -0.15) is 10.4 Å². The van der Waals surface area contributed by atoms with E-state index in [0.29, 0.717) is 13.0 Å². The van der Waals surface area contributed by atoms with Gasteiger partial charge in [-0.25, -0.2) is 4.98 Å². The SMILES string of the molecule is Cn1nccc1CCNc1ncc(C#N)cc1[N+](=O)[O-]. The number of hydrogen-bond acceptors (Lipinski definition) is 6. The molecule has 0 saturated carbocycles. The van der Waals surface area contributed by atoms with Gasteiger partial charge in [0.2, 0.25) is 5.82 Å². The van der Waals surface area contributed by atoms with Gasteiger partial charge in [0, 0.05) is 44.2 Å². The number of hydrogen-bond donors (Lipinski definition) is 1. The third kappa shape index (κ3) is 2.89. The normalized spacial score (nSPS) is 10.0. The highest BCUT2D eigenvalue weighted by atomic mass is 16.6. The molecule has 0 aliphatic heterocycles. The number of aromatic nitrogens is 3. The molecule has 2 aromatic heterocycles. The number of nitrogens with zero attached hydrogens (tertiary/aromatic N) is 5. The minimum atomic E-state index is -0.555. The van der Waals surface area contributed by atoms with Crippen LogP contribution in [0.25, 0.3) is 0 Å². The molecule has 0 atom stereocenters. The molecule has 2 heterocycles. The fourth-order valence-electron chi connectivity index (χ4n) is 1.75. The Morgan fingerprint density at radius 3 is 3.00 bits per heavy atom. The molecule has 0 aliphatic carbocycles. The van der Waals surface area contributed by atoms with E-state index < -0.39 is 4.92 Å². The van der Waals surface area contributed by atoms with Crippen LogP contribution in [-0.4, -0.2) is 26.2 Å². The summed E-state index contributed by atoms with van der Waals surface area (Å²) in [6.45, 7) is 0.485. The Kier molecular flexibility index (Phi) is 3.91. The van der Waals surface area contributed by atoms with Gasteiger partial charge >= 0.3 is 5.69 Å².